The first-order chi connectivity index (χ1) is 19.2. The number of carbonyl (C=O) groups is 1. The van der Waals surface area contributed by atoms with E-state index in [1.807, 2.05) is 25.1 Å². The van der Waals surface area contributed by atoms with E-state index in [1.54, 1.807) is 46.3 Å². The SMILES string of the molecule is CCCCOC(=O)N1CCc2ccc(Nc3ncc4c(=O)n(CC)n(-c5cccc(C(C)(C)O)n5)c4n3)cc2C1. The molecular formula is C29H35N7O4. The lowest BCUT2D eigenvalue weighted by atomic mass is 9.99. The van der Waals surface area contributed by atoms with Crippen LogP contribution in [0.2, 0.25) is 0 Å². The number of anilines is 2. The lowest BCUT2D eigenvalue weighted by Crippen LogP contribution is -2.36. The first kappa shape index (κ1) is 27.3. The molecule has 0 radical (unpaired) electrons. The van der Waals surface area contributed by atoms with Gasteiger partial charge in [-0.05, 0) is 69.0 Å². The highest BCUT2D eigenvalue weighted by molar-refractivity contribution is 5.77. The van der Waals surface area contributed by atoms with Crippen LogP contribution < -0.4 is 10.9 Å². The molecule has 0 atom stereocenters. The maximum absolute atomic E-state index is 13.2. The first-order valence-corrected chi connectivity index (χ1v) is 13.7. The number of rotatable bonds is 8. The summed E-state index contributed by atoms with van der Waals surface area (Å²) in [5, 5.41) is 14.1. The Balaban J connectivity index is 1.45. The van der Waals surface area contributed by atoms with Crippen LogP contribution in [0, 0.1) is 0 Å². The molecule has 210 valence electrons. The van der Waals surface area contributed by atoms with Crippen LogP contribution >= 0.6 is 0 Å². The summed E-state index contributed by atoms with van der Waals surface area (Å²) < 4.78 is 8.61. The summed E-state index contributed by atoms with van der Waals surface area (Å²) in [4.78, 5) is 41.1. The normalized spacial score (nSPS) is 13.4. The Hall–Kier alpha value is -4.25. The van der Waals surface area contributed by atoms with E-state index in [1.165, 1.54) is 11.8 Å². The summed E-state index contributed by atoms with van der Waals surface area (Å²) >= 11 is 0. The predicted molar refractivity (Wildman–Crippen MR) is 152 cm³/mol. The van der Waals surface area contributed by atoms with Crippen LogP contribution in [-0.4, -0.2) is 53.6 Å². The molecule has 1 aliphatic heterocycles. The molecule has 0 saturated carbocycles. The van der Waals surface area contributed by atoms with Crippen molar-refractivity contribution < 1.29 is 14.6 Å². The molecule has 0 spiro atoms. The lowest BCUT2D eigenvalue weighted by molar-refractivity contribution is 0.0737. The standard InChI is InChI=1S/C29H35N7O4/c1-5-7-15-40-28(38)34-14-13-19-11-12-21(16-20(19)18-34)31-27-30-17-22-25(33-27)36(35(6-2)26(22)37)24-10-8-9-23(32-24)29(3,4)39/h8-12,16-17,39H,5-7,13-15,18H2,1-4H3,(H,30,31,33). The lowest BCUT2D eigenvalue weighted by Gasteiger charge is -2.28. The average Bonchev–Trinajstić information content (AvgIpc) is 3.23. The van der Waals surface area contributed by atoms with Crippen LogP contribution in [-0.2, 0) is 29.8 Å². The second kappa shape index (κ2) is 11.1. The van der Waals surface area contributed by atoms with Crippen LogP contribution in [0.3, 0.4) is 0 Å². The molecule has 0 saturated heterocycles. The van der Waals surface area contributed by atoms with Gasteiger partial charge in [0.15, 0.2) is 11.5 Å². The van der Waals surface area contributed by atoms with Gasteiger partial charge >= 0.3 is 6.09 Å². The average molecular weight is 546 g/mol. The summed E-state index contributed by atoms with van der Waals surface area (Å²) in [5.74, 6) is 0.789. The number of amides is 1. The number of nitrogens with zero attached hydrogens (tertiary/aromatic N) is 6. The van der Waals surface area contributed by atoms with Crippen molar-refractivity contribution in [1.82, 2.24) is 29.2 Å². The summed E-state index contributed by atoms with van der Waals surface area (Å²) in [6.45, 7) is 9.19. The fourth-order valence-corrected chi connectivity index (χ4v) is 4.80. The monoisotopic (exact) mass is 545 g/mol. The van der Waals surface area contributed by atoms with Crippen molar-refractivity contribution in [3.8, 4) is 5.82 Å². The van der Waals surface area contributed by atoms with E-state index in [-0.39, 0.29) is 11.7 Å². The van der Waals surface area contributed by atoms with Gasteiger partial charge in [0, 0.05) is 31.5 Å². The minimum Gasteiger partial charge on any atom is -0.449 e. The highest BCUT2D eigenvalue weighted by Gasteiger charge is 2.23. The molecule has 0 aliphatic carbocycles. The fourth-order valence-electron chi connectivity index (χ4n) is 4.80. The van der Waals surface area contributed by atoms with E-state index in [2.05, 4.69) is 22.2 Å². The van der Waals surface area contributed by atoms with Crippen LogP contribution in [0.1, 0.15) is 57.4 Å². The number of benzene rings is 1. The van der Waals surface area contributed by atoms with Crippen molar-refractivity contribution in [2.45, 2.75) is 65.6 Å². The third-order valence-corrected chi connectivity index (χ3v) is 7.01. The Kier molecular flexibility index (Phi) is 7.57. The number of hydrogen-bond donors (Lipinski definition) is 2. The number of ether oxygens (including phenoxy) is 1. The van der Waals surface area contributed by atoms with Gasteiger partial charge in [0.25, 0.3) is 5.56 Å². The molecule has 1 amide bonds. The number of fused-ring (bicyclic) bond motifs is 2. The van der Waals surface area contributed by atoms with Gasteiger partial charge in [-0.3, -0.25) is 4.79 Å². The Morgan fingerprint density at radius 3 is 2.73 bits per heavy atom. The maximum Gasteiger partial charge on any atom is 0.410 e. The van der Waals surface area contributed by atoms with E-state index >= 15 is 0 Å². The third-order valence-electron chi connectivity index (χ3n) is 7.01. The molecule has 2 N–H and O–H groups in total. The van der Waals surface area contributed by atoms with Gasteiger partial charge in [-0.2, -0.15) is 4.98 Å². The maximum atomic E-state index is 13.2. The summed E-state index contributed by atoms with van der Waals surface area (Å²) in [5.41, 5.74) is 2.50. The molecule has 1 aliphatic rings. The smallest absolute Gasteiger partial charge is 0.410 e. The predicted octanol–water partition coefficient (Wildman–Crippen LogP) is 4.26. The highest BCUT2D eigenvalue weighted by Crippen LogP contribution is 2.26. The molecule has 1 aromatic carbocycles. The Bertz CT molecular complexity index is 1600. The first-order valence-electron chi connectivity index (χ1n) is 13.7. The number of aromatic nitrogens is 5. The second-order valence-corrected chi connectivity index (χ2v) is 10.5. The number of nitrogens with one attached hydrogen (secondary N) is 1. The minimum absolute atomic E-state index is 0.223. The summed E-state index contributed by atoms with van der Waals surface area (Å²) in [6, 6.07) is 11.3. The van der Waals surface area contributed by atoms with Gasteiger partial charge in [0.2, 0.25) is 5.95 Å². The molecule has 40 heavy (non-hydrogen) atoms. The molecule has 11 heteroatoms. The molecular weight excluding hydrogens is 510 g/mol. The molecule has 0 unspecified atom stereocenters. The number of unbranched alkanes of at least 4 members (excludes halogenated alkanes) is 1. The quantitative estimate of drug-likeness (QED) is 0.315. The second-order valence-electron chi connectivity index (χ2n) is 10.5. The molecule has 11 nitrogen and oxygen atoms in total. The zero-order valence-corrected chi connectivity index (χ0v) is 23.3. The Labute approximate surface area is 232 Å². The van der Waals surface area contributed by atoms with E-state index in [9.17, 15) is 14.7 Å². The largest absolute Gasteiger partial charge is 0.449 e. The van der Waals surface area contributed by atoms with Crippen LogP contribution in [0.5, 0.6) is 0 Å². The van der Waals surface area contributed by atoms with E-state index in [0.717, 1.165) is 30.5 Å². The van der Waals surface area contributed by atoms with Gasteiger partial charge in [-0.1, -0.05) is 25.5 Å². The zero-order valence-electron chi connectivity index (χ0n) is 23.3. The van der Waals surface area contributed by atoms with Crippen molar-refractivity contribution in [2.24, 2.45) is 0 Å². The van der Waals surface area contributed by atoms with Crippen LogP contribution in [0.15, 0.2) is 47.4 Å². The zero-order chi connectivity index (χ0) is 28.4. The van der Waals surface area contributed by atoms with E-state index < -0.39 is 5.60 Å². The van der Waals surface area contributed by atoms with E-state index in [4.69, 9.17) is 9.72 Å². The summed E-state index contributed by atoms with van der Waals surface area (Å²) in [6.07, 6.45) is 3.82. The van der Waals surface area contributed by atoms with Crippen molar-refractivity contribution in [3.05, 3.63) is 69.8 Å². The Morgan fingerprint density at radius 2 is 1.98 bits per heavy atom. The van der Waals surface area contributed by atoms with Crippen molar-refractivity contribution in [1.29, 1.82) is 0 Å². The molecule has 0 fully saturated rings. The van der Waals surface area contributed by atoms with Gasteiger partial charge in [-0.25, -0.2) is 24.1 Å². The minimum atomic E-state index is -1.15. The molecule has 4 aromatic rings. The third kappa shape index (κ3) is 5.42. The molecule has 0 bridgehead atoms. The van der Waals surface area contributed by atoms with Crippen molar-refractivity contribution in [2.75, 3.05) is 18.5 Å². The van der Waals surface area contributed by atoms with Crippen LogP contribution in [0.25, 0.3) is 16.9 Å². The fraction of sp³-hybridized carbons (Fsp3) is 0.414. The van der Waals surface area contributed by atoms with Gasteiger partial charge in [0.05, 0.1) is 12.3 Å². The number of hydrogen-bond acceptors (Lipinski definition) is 8. The van der Waals surface area contributed by atoms with Crippen molar-refractivity contribution >= 4 is 28.8 Å². The van der Waals surface area contributed by atoms with Gasteiger partial charge < -0.3 is 20.1 Å². The van der Waals surface area contributed by atoms with Gasteiger partial charge in [0.1, 0.15) is 11.0 Å². The molecule has 4 heterocycles. The Morgan fingerprint density at radius 1 is 1.15 bits per heavy atom. The van der Waals surface area contributed by atoms with Crippen LogP contribution in [0.4, 0.5) is 16.4 Å². The topological polar surface area (TPSA) is 127 Å². The number of carbonyl (C=O) groups excluding carboxylic acids is 1. The number of pyridine rings is 1. The van der Waals surface area contributed by atoms with Crippen molar-refractivity contribution in [3.63, 3.8) is 0 Å². The summed E-state index contributed by atoms with van der Waals surface area (Å²) in [7, 11) is 0. The highest BCUT2D eigenvalue weighted by atomic mass is 16.6. The van der Waals surface area contributed by atoms with Gasteiger partial charge in [-0.15, -0.1) is 0 Å². The van der Waals surface area contributed by atoms with E-state index in [0.29, 0.717) is 54.7 Å². The molecule has 3 aromatic heterocycles. The molecule has 5 rings (SSSR count). The number of aliphatic hydroxyl groups is 1.